The lowest BCUT2D eigenvalue weighted by Gasteiger charge is -2.22. The third-order valence-electron chi connectivity index (χ3n) is 2.26. The predicted molar refractivity (Wildman–Crippen MR) is 59.1 cm³/mol. The van der Waals surface area contributed by atoms with Gasteiger partial charge in [0.2, 0.25) is 0 Å². The van der Waals surface area contributed by atoms with E-state index in [-0.39, 0.29) is 6.54 Å². The zero-order valence-electron chi connectivity index (χ0n) is 8.07. The van der Waals surface area contributed by atoms with Gasteiger partial charge in [-0.25, -0.2) is 0 Å². The van der Waals surface area contributed by atoms with Gasteiger partial charge in [-0.15, -0.1) is 0 Å². The van der Waals surface area contributed by atoms with Crippen molar-refractivity contribution in [1.82, 2.24) is 0 Å². The highest BCUT2D eigenvalue weighted by atomic mass is 79.9. The minimum Gasteiger partial charge on any atom is -0.486 e. The molecule has 0 amide bonds. The first-order valence-electron chi connectivity index (χ1n) is 4.70. The number of fused-ring (bicyclic) bond motifs is 1. The fraction of sp³-hybridized carbons (Fsp3) is 0.400. The molecule has 1 unspecified atom stereocenters. The van der Waals surface area contributed by atoms with Crippen molar-refractivity contribution in [3.63, 3.8) is 0 Å². The van der Waals surface area contributed by atoms with Crippen LogP contribution >= 0.6 is 15.9 Å². The van der Waals surface area contributed by atoms with Crippen molar-refractivity contribution in [3.8, 4) is 11.5 Å². The minimum atomic E-state index is -0.685. The van der Waals surface area contributed by atoms with Crippen molar-refractivity contribution in [1.29, 1.82) is 0 Å². The summed E-state index contributed by atoms with van der Waals surface area (Å²) in [5.74, 6) is 1.34. The van der Waals surface area contributed by atoms with Crippen molar-refractivity contribution in [2.45, 2.75) is 6.10 Å². The van der Waals surface area contributed by atoms with Gasteiger partial charge in [-0.1, -0.05) is 6.07 Å². The van der Waals surface area contributed by atoms with E-state index in [1.165, 1.54) is 0 Å². The molecular weight excluding hydrogens is 262 g/mol. The van der Waals surface area contributed by atoms with E-state index in [2.05, 4.69) is 15.9 Å². The van der Waals surface area contributed by atoms with Crippen LogP contribution in [0.4, 0.5) is 0 Å². The van der Waals surface area contributed by atoms with Gasteiger partial charge in [-0.3, -0.25) is 0 Å². The molecule has 1 aliphatic rings. The Balaban J connectivity index is 2.43. The molecule has 0 bridgehead atoms. The van der Waals surface area contributed by atoms with Gasteiger partial charge in [-0.2, -0.15) is 0 Å². The van der Waals surface area contributed by atoms with Gasteiger partial charge in [0.15, 0.2) is 11.5 Å². The summed E-state index contributed by atoms with van der Waals surface area (Å²) >= 11 is 3.39. The Morgan fingerprint density at radius 1 is 1.40 bits per heavy atom. The van der Waals surface area contributed by atoms with Gasteiger partial charge in [-0.05, 0) is 27.6 Å². The Morgan fingerprint density at radius 3 is 2.87 bits per heavy atom. The van der Waals surface area contributed by atoms with Crippen LogP contribution < -0.4 is 15.2 Å². The predicted octanol–water partition coefficient (Wildman–Crippen LogP) is 1.21. The van der Waals surface area contributed by atoms with E-state index in [0.717, 1.165) is 10.0 Å². The first kappa shape index (κ1) is 10.7. The maximum Gasteiger partial charge on any atom is 0.175 e. The average Bonchev–Trinajstić information content (AvgIpc) is 2.29. The van der Waals surface area contributed by atoms with E-state index in [9.17, 15) is 5.11 Å². The SMILES string of the molecule is NCC(O)c1ccc2c(c1Br)OCCO2. The number of aliphatic hydroxyl groups excluding tert-OH is 1. The second kappa shape index (κ2) is 4.38. The summed E-state index contributed by atoms with van der Waals surface area (Å²) in [6, 6.07) is 3.57. The van der Waals surface area contributed by atoms with Gasteiger partial charge >= 0.3 is 0 Å². The fourth-order valence-electron chi connectivity index (χ4n) is 1.48. The number of aliphatic hydroxyl groups is 1. The van der Waals surface area contributed by atoms with Crippen LogP contribution in [0.5, 0.6) is 11.5 Å². The van der Waals surface area contributed by atoms with Gasteiger partial charge in [0.25, 0.3) is 0 Å². The van der Waals surface area contributed by atoms with Crippen molar-refractivity contribution < 1.29 is 14.6 Å². The third-order valence-corrected chi connectivity index (χ3v) is 3.08. The largest absolute Gasteiger partial charge is 0.486 e. The summed E-state index contributed by atoms with van der Waals surface area (Å²) in [6.45, 7) is 1.25. The molecule has 0 radical (unpaired) electrons. The molecule has 4 nitrogen and oxygen atoms in total. The van der Waals surface area contributed by atoms with E-state index in [0.29, 0.717) is 24.7 Å². The molecule has 0 saturated heterocycles. The minimum absolute atomic E-state index is 0.179. The Labute approximate surface area is 96.1 Å². The standard InChI is InChI=1S/C10H12BrNO3/c11-9-6(7(13)5-12)1-2-8-10(9)15-4-3-14-8/h1-2,7,13H,3-5,12H2. The van der Waals surface area contributed by atoms with E-state index in [1.807, 2.05) is 0 Å². The lowest BCUT2D eigenvalue weighted by Crippen LogP contribution is -2.17. The maximum absolute atomic E-state index is 9.66. The molecule has 0 aromatic heterocycles. The number of benzene rings is 1. The molecule has 0 fully saturated rings. The van der Waals surface area contributed by atoms with Gasteiger partial charge < -0.3 is 20.3 Å². The third kappa shape index (κ3) is 1.95. The Morgan fingerprint density at radius 2 is 2.13 bits per heavy atom. The quantitative estimate of drug-likeness (QED) is 0.850. The van der Waals surface area contributed by atoms with Gasteiger partial charge in [0.1, 0.15) is 13.2 Å². The van der Waals surface area contributed by atoms with E-state index in [1.54, 1.807) is 12.1 Å². The smallest absolute Gasteiger partial charge is 0.175 e. The van der Waals surface area contributed by atoms with Crippen LogP contribution in [0.2, 0.25) is 0 Å². The number of ether oxygens (including phenoxy) is 2. The second-order valence-electron chi connectivity index (χ2n) is 3.24. The summed E-state index contributed by atoms with van der Waals surface area (Å²) in [5.41, 5.74) is 6.13. The van der Waals surface area contributed by atoms with Gasteiger partial charge in [0, 0.05) is 6.54 Å². The molecule has 0 spiro atoms. The lowest BCUT2D eigenvalue weighted by molar-refractivity contribution is 0.165. The summed E-state index contributed by atoms with van der Waals surface area (Å²) < 4.78 is 11.6. The summed E-state index contributed by atoms with van der Waals surface area (Å²) in [5, 5.41) is 9.66. The number of hydrogen-bond acceptors (Lipinski definition) is 4. The summed E-state index contributed by atoms with van der Waals surface area (Å²) in [4.78, 5) is 0. The Hall–Kier alpha value is -0.780. The van der Waals surface area contributed by atoms with Crippen LogP contribution in [-0.2, 0) is 0 Å². The molecule has 1 atom stereocenters. The summed E-state index contributed by atoms with van der Waals surface area (Å²) in [6.07, 6.45) is -0.685. The van der Waals surface area contributed by atoms with Crippen LogP contribution in [0.25, 0.3) is 0 Å². The Kier molecular flexibility index (Phi) is 3.14. The molecule has 1 aromatic rings. The van der Waals surface area contributed by atoms with Crippen LogP contribution in [0.3, 0.4) is 0 Å². The normalized spacial score (nSPS) is 16.2. The monoisotopic (exact) mass is 273 g/mol. The Bertz CT molecular complexity index is 370. The highest BCUT2D eigenvalue weighted by molar-refractivity contribution is 9.10. The molecule has 0 aliphatic carbocycles. The van der Waals surface area contributed by atoms with Crippen molar-refractivity contribution in [3.05, 3.63) is 22.2 Å². The number of halogens is 1. The highest BCUT2D eigenvalue weighted by Crippen LogP contribution is 2.41. The van der Waals surface area contributed by atoms with Crippen LogP contribution in [0.15, 0.2) is 16.6 Å². The lowest BCUT2D eigenvalue weighted by atomic mass is 10.1. The van der Waals surface area contributed by atoms with Crippen LogP contribution in [-0.4, -0.2) is 24.9 Å². The number of rotatable bonds is 2. The van der Waals surface area contributed by atoms with Crippen LogP contribution in [0, 0.1) is 0 Å². The van der Waals surface area contributed by atoms with Crippen LogP contribution in [0.1, 0.15) is 11.7 Å². The zero-order valence-corrected chi connectivity index (χ0v) is 9.66. The molecule has 5 heteroatoms. The topological polar surface area (TPSA) is 64.7 Å². The molecule has 1 aromatic carbocycles. The highest BCUT2D eigenvalue weighted by Gasteiger charge is 2.20. The molecule has 3 N–H and O–H groups in total. The second-order valence-corrected chi connectivity index (χ2v) is 4.04. The maximum atomic E-state index is 9.66. The first-order chi connectivity index (χ1) is 7.24. The van der Waals surface area contributed by atoms with E-state index < -0.39 is 6.10 Å². The molecule has 15 heavy (non-hydrogen) atoms. The van der Waals surface area contributed by atoms with E-state index in [4.69, 9.17) is 15.2 Å². The first-order valence-corrected chi connectivity index (χ1v) is 5.49. The number of nitrogens with two attached hydrogens (primary N) is 1. The molecule has 1 heterocycles. The summed E-state index contributed by atoms with van der Waals surface area (Å²) in [7, 11) is 0. The average molecular weight is 274 g/mol. The van der Waals surface area contributed by atoms with Crippen molar-refractivity contribution >= 4 is 15.9 Å². The van der Waals surface area contributed by atoms with Gasteiger partial charge in [0.05, 0.1) is 10.6 Å². The zero-order chi connectivity index (χ0) is 10.8. The fourth-order valence-corrected chi connectivity index (χ4v) is 2.19. The van der Waals surface area contributed by atoms with E-state index >= 15 is 0 Å². The number of hydrogen-bond donors (Lipinski definition) is 2. The molecular formula is C10H12BrNO3. The van der Waals surface area contributed by atoms with Crippen molar-refractivity contribution in [2.24, 2.45) is 5.73 Å². The van der Waals surface area contributed by atoms with Crippen molar-refractivity contribution in [2.75, 3.05) is 19.8 Å². The molecule has 82 valence electrons. The molecule has 1 aliphatic heterocycles. The molecule has 0 saturated carbocycles. The molecule has 2 rings (SSSR count).